The lowest BCUT2D eigenvalue weighted by atomic mass is 10.0. The van der Waals surface area contributed by atoms with E-state index < -0.39 is 0 Å². The van der Waals surface area contributed by atoms with Crippen LogP contribution in [0.3, 0.4) is 0 Å². The van der Waals surface area contributed by atoms with Crippen LogP contribution in [-0.2, 0) is 6.54 Å². The van der Waals surface area contributed by atoms with Gasteiger partial charge in [0.25, 0.3) is 0 Å². The molecule has 3 nitrogen and oxygen atoms in total. The van der Waals surface area contributed by atoms with Crippen molar-refractivity contribution < 1.29 is 0 Å². The zero-order valence-corrected chi connectivity index (χ0v) is 13.4. The van der Waals surface area contributed by atoms with Gasteiger partial charge >= 0.3 is 0 Å². The van der Waals surface area contributed by atoms with E-state index in [0.717, 1.165) is 54.9 Å². The molecule has 1 saturated heterocycles. The number of hydrogen-bond acceptors (Lipinski definition) is 3. The number of rotatable bonds is 5. The molecule has 0 radical (unpaired) electrons. The highest BCUT2D eigenvalue weighted by Crippen LogP contribution is 2.24. The molecule has 1 aliphatic rings. The monoisotopic (exact) mass is 295 g/mol. The van der Waals surface area contributed by atoms with Crippen molar-refractivity contribution in [2.24, 2.45) is 5.92 Å². The van der Waals surface area contributed by atoms with Crippen molar-refractivity contribution in [2.45, 2.75) is 46.1 Å². The van der Waals surface area contributed by atoms with Crippen molar-refractivity contribution >= 4 is 17.4 Å². The third kappa shape index (κ3) is 4.35. The number of hydrogen-bond donors (Lipinski definition) is 1. The molecule has 0 saturated carbocycles. The van der Waals surface area contributed by atoms with E-state index in [9.17, 15) is 0 Å². The molecule has 1 N–H and O–H groups in total. The van der Waals surface area contributed by atoms with Gasteiger partial charge < -0.3 is 10.2 Å². The fourth-order valence-corrected chi connectivity index (χ4v) is 2.84. The van der Waals surface area contributed by atoms with Gasteiger partial charge in [0, 0.05) is 25.8 Å². The maximum absolute atomic E-state index is 6.25. The van der Waals surface area contributed by atoms with Crippen LogP contribution < -0.4 is 10.2 Å². The van der Waals surface area contributed by atoms with Gasteiger partial charge in [0.05, 0.1) is 5.02 Å². The first-order chi connectivity index (χ1) is 9.70. The molecule has 0 spiro atoms. The zero-order chi connectivity index (χ0) is 14.4. The van der Waals surface area contributed by atoms with Crippen LogP contribution >= 0.6 is 11.6 Å². The Bertz CT molecular complexity index is 422. The van der Waals surface area contributed by atoms with E-state index in [4.69, 9.17) is 11.6 Å². The Balaban J connectivity index is 2.05. The minimum absolute atomic E-state index is 0.764. The summed E-state index contributed by atoms with van der Waals surface area (Å²) < 4.78 is 0. The lowest BCUT2D eigenvalue weighted by molar-refractivity contribution is 0.521. The van der Waals surface area contributed by atoms with Crippen LogP contribution in [0.25, 0.3) is 0 Å². The molecule has 1 atom stereocenters. The summed E-state index contributed by atoms with van der Waals surface area (Å²) in [6.07, 6.45) is 6.78. The van der Waals surface area contributed by atoms with Gasteiger partial charge in [-0.15, -0.1) is 0 Å². The topological polar surface area (TPSA) is 28.2 Å². The molecule has 20 heavy (non-hydrogen) atoms. The number of pyridine rings is 1. The average Bonchev–Trinajstić information content (AvgIpc) is 2.66. The molecule has 1 fully saturated rings. The predicted molar refractivity (Wildman–Crippen MR) is 86.5 cm³/mol. The Morgan fingerprint density at radius 1 is 1.40 bits per heavy atom. The van der Waals surface area contributed by atoms with Crippen LogP contribution in [0.1, 0.15) is 45.1 Å². The van der Waals surface area contributed by atoms with Crippen LogP contribution in [0.15, 0.2) is 12.3 Å². The van der Waals surface area contributed by atoms with Crippen LogP contribution in [0, 0.1) is 5.92 Å². The molecule has 1 unspecified atom stereocenters. The maximum Gasteiger partial charge on any atom is 0.128 e. The van der Waals surface area contributed by atoms with Crippen molar-refractivity contribution in [3.63, 3.8) is 0 Å². The van der Waals surface area contributed by atoms with E-state index in [2.05, 4.69) is 35.1 Å². The molecular weight excluding hydrogens is 270 g/mol. The van der Waals surface area contributed by atoms with Gasteiger partial charge in [-0.3, -0.25) is 0 Å². The smallest absolute Gasteiger partial charge is 0.128 e. The predicted octanol–water partition coefficient (Wildman–Crippen LogP) is 3.86. The summed E-state index contributed by atoms with van der Waals surface area (Å²) in [6, 6.07) is 2.15. The van der Waals surface area contributed by atoms with Crippen molar-refractivity contribution in [2.75, 3.05) is 24.5 Å². The number of halogens is 1. The highest BCUT2D eigenvalue weighted by Gasteiger charge is 2.16. The second-order valence-electron chi connectivity index (χ2n) is 5.83. The Labute approximate surface area is 127 Å². The van der Waals surface area contributed by atoms with Gasteiger partial charge in [-0.05, 0) is 49.8 Å². The molecular formula is C16H26ClN3. The number of anilines is 1. The molecule has 1 aliphatic heterocycles. The first-order valence-corrected chi connectivity index (χ1v) is 8.18. The Hall–Kier alpha value is -0.800. The summed E-state index contributed by atoms with van der Waals surface area (Å²) in [5, 5.41) is 4.18. The summed E-state index contributed by atoms with van der Waals surface area (Å²) in [4.78, 5) is 6.93. The normalized spacial score (nSPS) is 19.9. The molecule has 112 valence electrons. The molecule has 2 heterocycles. The Morgan fingerprint density at radius 3 is 3.05 bits per heavy atom. The number of nitrogens with zero attached hydrogens (tertiary/aromatic N) is 2. The van der Waals surface area contributed by atoms with E-state index in [1.54, 1.807) is 6.20 Å². The van der Waals surface area contributed by atoms with Crippen molar-refractivity contribution in [1.29, 1.82) is 0 Å². The fraction of sp³-hybridized carbons (Fsp3) is 0.688. The molecule has 0 aromatic carbocycles. The van der Waals surface area contributed by atoms with Crippen LogP contribution in [0.4, 0.5) is 5.82 Å². The van der Waals surface area contributed by atoms with Gasteiger partial charge in [-0.2, -0.15) is 0 Å². The van der Waals surface area contributed by atoms with Crippen molar-refractivity contribution in [3.05, 3.63) is 22.8 Å². The molecule has 0 bridgehead atoms. The molecule has 1 aromatic rings. The minimum atomic E-state index is 0.764. The van der Waals surface area contributed by atoms with Gasteiger partial charge in [-0.1, -0.05) is 25.4 Å². The second-order valence-corrected chi connectivity index (χ2v) is 6.24. The van der Waals surface area contributed by atoms with Crippen molar-refractivity contribution in [3.8, 4) is 0 Å². The van der Waals surface area contributed by atoms with Gasteiger partial charge in [-0.25, -0.2) is 4.98 Å². The minimum Gasteiger partial charge on any atom is -0.357 e. The number of nitrogens with one attached hydrogen (secondary N) is 1. The van der Waals surface area contributed by atoms with E-state index in [1.165, 1.54) is 19.3 Å². The summed E-state index contributed by atoms with van der Waals surface area (Å²) in [7, 11) is 0. The molecule has 4 heteroatoms. The van der Waals surface area contributed by atoms with Gasteiger partial charge in [0.1, 0.15) is 5.82 Å². The van der Waals surface area contributed by atoms with E-state index in [1.807, 2.05) is 0 Å². The third-order valence-corrected chi connectivity index (χ3v) is 4.34. The van der Waals surface area contributed by atoms with E-state index in [0.29, 0.717) is 0 Å². The van der Waals surface area contributed by atoms with Crippen molar-refractivity contribution in [1.82, 2.24) is 10.3 Å². The Kier molecular flexibility index (Phi) is 6.11. The Morgan fingerprint density at radius 2 is 2.25 bits per heavy atom. The standard InChI is InChI=1S/C16H26ClN3/c1-3-7-18-11-14-10-16(19-12-15(14)17)20-8-4-5-13(2)6-9-20/h10,12-13,18H,3-9,11H2,1-2H3. The molecule has 0 amide bonds. The zero-order valence-electron chi connectivity index (χ0n) is 12.7. The van der Waals surface area contributed by atoms with E-state index in [-0.39, 0.29) is 0 Å². The quantitative estimate of drug-likeness (QED) is 0.836. The summed E-state index contributed by atoms with van der Waals surface area (Å²) in [5.41, 5.74) is 1.16. The SMILES string of the molecule is CCCNCc1cc(N2CCCC(C)CC2)ncc1Cl. The summed E-state index contributed by atoms with van der Waals surface area (Å²) in [5.74, 6) is 1.91. The highest BCUT2D eigenvalue weighted by atomic mass is 35.5. The summed E-state index contributed by atoms with van der Waals surface area (Å²) >= 11 is 6.25. The first kappa shape index (κ1) is 15.6. The number of aromatic nitrogens is 1. The molecule has 2 rings (SSSR count). The van der Waals surface area contributed by atoms with E-state index >= 15 is 0 Å². The lowest BCUT2D eigenvalue weighted by Crippen LogP contribution is -2.25. The summed E-state index contributed by atoms with van der Waals surface area (Å²) in [6.45, 7) is 8.59. The lowest BCUT2D eigenvalue weighted by Gasteiger charge is -2.22. The first-order valence-electron chi connectivity index (χ1n) is 7.80. The van der Waals surface area contributed by atoms with Gasteiger partial charge in [0.15, 0.2) is 0 Å². The highest BCUT2D eigenvalue weighted by molar-refractivity contribution is 6.31. The average molecular weight is 296 g/mol. The molecule has 1 aromatic heterocycles. The largest absolute Gasteiger partial charge is 0.357 e. The van der Waals surface area contributed by atoms with Crippen LogP contribution in [0.2, 0.25) is 5.02 Å². The third-order valence-electron chi connectivity index (χ3n) is 4.00. The second kappa shape index (κ2) is 7.84. The fourth-order valence-electron chi connectivity index (χ4n) is 2.67. The van der Waals surface area contributed by atoms with Crippen LogP contribution in [-0.4, -0.2) is 24.6 Å². The molecule has 0 aliphatic carbocycles. The maximum atomic E-state index is 6.25. The van der Waals surface area contributed by atoms with Gasteiger partial charge in [0.2, 0.25) is 0 Å². The van der Waals surface area contributed by atoms with Crippen LogP contribution in [0.5, 0.6) is 0 Å².